The molecule has 0 radical (unpaired) electrons. The predicted octanol–water partition coefficient (Wildman–Crippen LogP) is 2.47. The van der Waals surface area contributed by atoms with Gasteiger partial charge in [0.15, 0.2) is 0 Å². The van der Waals surface area contributed by atoms with Crippen LogP contribution in [0.4, 0.5) is 0 Å². The first-order valence-electron chi connectivity index (χ1n) is 5.19. The average Bonchev–Trinajstić information content (AvgIpc) is 2.40. The van der Waals surface area contributed by atoms with Crippen LogP contribution in [0.2, 0.25) is 0 Å². The molecule has 0 amide bonds. The van der Waals surface area contributed by atoms with Crippen LogP contribution in [0.5, 0.6) is 5.88 Å². The first-order valence-corrected chi connectivity index (χ1v) is 5.19. The molecule has 0 fully saturated rings. The highest BCUT2D eigenvalue weighted by Crippen LogP contribution is 2.09. The van der Waals surface area contributed by atoms with E-state index in [2.05, 4.69) is 10.1 Å². The average molecular weight is 228 g/mol. The molecule has 4 heteroatoms. The minimum Gasteiger partial charge on any atom is -0.473 e. The van der Waals surface area contributed by atoms with E-state index < -0.39 is 0 Å². The van der Waals surface area contributed by atoms with E-state index in [4.69, 9.17) is 9.94 Å². The number of nitrogens with zero attached hydrogens (tertiary/aromatic N) is 2. The number of hydrogen-bond acceptors (Lipinski definition) is 4. The molecule has 0 saturated carbocycles. The highest BCUT2D eigenvalue weighted by atomic mass is 16.5. The first-order chi connectivity index (χ1) is 8.38. The fourth-order valence-electron chi connectivity index (χ4n) is 1.35. The maximum atomic E-state index is 8.35. The highest BCUT2D eigenvalue weighted by molar-refractivity contribution is 5.78. The Balaban J connectivity index is 1.95. The third-order valence-electron chi connectivity index (χ3n) is 2.20. The number of hydrogen-bond donors (Lipinski definition) is 1. The Morgan fingerprint density at radius 2 is 2.00 bits per heavy atom. The second-order valence-corrected chi connectivity index (χ2v) is 3.45. The molecule has 1 N–H and O–H groups in total. The van der Waals surface area contributed by atoms with Crippen molar-refractivity contribution >= 4 is 6.21 Å². The molecule has 0 spiro atoms. The quantitative estimate of drug-likeness (QED) is 0.497. The molecule has 0 atom stereocenters. The van der Waals surface area contributed by atoms with Gasteiger partial charge in [0.25, 0.3) is 0 Å². The summed E-state index contributed by atoms with van der Waals surface area (Å²) in [7, 11) is 0. The van der Waals surface area contributed by atoms with E-state index in [1.807, 2.05) is 30.3 Å². The van der Waals surface area contributed by atoms with Crippen molar-refractivity contribution in [2.24, 2.45) is 5.16 Å². The summed E-state index contributed by atoms with van der Waals surface area (Å²) in [5.74, 6) is 0.545. The number of rotatable bonds is 4. The molecule has 1 aromatic heterocycles. The van der Waals surface area contributed by atoms with Gasteiger partial charge in [-0.15, -0.1) is 0 Å². The van der Waals surface area contributed by atoms with E-state index in [1.165, 1.54) is 6.21 Å². The molecule has 0 saturated heterocycles. The fourth-order valence-corrected chi connectivity index (χ4v) is 1.35. The van der Waals surface area contributed by atoms with Crippen LogP contribution < -0.4 is 4.74 Å². The van der Waals surface area contributed by atoms with Crippen LogP contribution in [0.25, 0.3) is 0 Å². The van der Waals surface area contributed by atoms with Gasteiger partial charge in [-0.2, -0.15) is 0 Å². The van der Waals surface area contributed by atoms with Gasteiger partial charge in [0.1, 0.15) is 6.61 Å². The van der Waals surface area contributed by atoms with Gasteiger partial charge in [-0.25, -0.2) is 4.98 Å². The van der Waals surface area contributed by atoms with Crippen molar-refractivity contribution in [2.75, 3.05) is 0 Å². The van der Waals surface area contributed by atoms with Gasteiger partial charge < -0.3 is 9.94 Å². The summed E-state index contributed by atoms with van der Waals surface area (Å²) in [6.45, 7) is 0.487. The van der Waals surface area contributed by atoms with E-state index in [-0.39, 0.29) is 0 Å². The third-order valence-corrected chi connectivity index (χ3v) is 2.20. The zero-order chi connectivity index (χ0) is 11.9. The zero-order valence-electron chi connectivity index (χ0n) is 9.15. The lowest BCUT2D eigenvalue weighted by Crippen LogP contribution is -1.97. The van der Waals surface area contributed by atoms with Gasteiger partial charge in [-0.1, -0.05) is 35.5 Å². The van der Waals surface area contributed by atoms with Gasteiger partial charge >= 0.3 is 0 Å². The summed E-state index contributed by atoms with van der Waals surface area (Å²) in [5, 5.41) is 11.3. The lowest BCUT2D eigenvalue weighted by Gasteiger charge is -2.04. The highest BCUT2D eigenvalue weighted by Gasteiger charge is 1.96. The van der Waals surface area contributed by atoms with E-state index >= 15 is 0 Å². The molecule has 4 nitrogen and oxygen atoms in total. The third kappa shape index (κ3) is 3.31. The summed E-state index contributed by atoms with van der Waals surface area (Å²) < 4.78 is 5.51. The van der Waals surface area contributed by atoms with Crippen LogP contribution in [0.3, 0.4) is 0 Å². The largest absolute Gasteiger partial charge is 0.473 e. The molecule has 0 aliphatic heterocycles. The Morgan fingerprint density at radius 1 is 1.18 bits per heavy atom. The maximum Gasteiger partial charge on any atom is 0.213 e. The van der Waals surface area contributed by atoms with Crippen molar-refractivity contribution < 1.29 is 9.94 Å². The molecule has 2 rings (SSSR count). The van der Waals surface area contributed by atoms with Crippen molar-refractivity contribution in [1.29, 1.82) is 0 Å². The molecule has 2 aromatic rings. The number of benzene rings is 1. The molecule has 0 aliphatic carbocycles. The lowest BCUT2D eigenvalue weighted by molar-refractivity contribution is 0.294. The Morgan fingerprint density at radius 3 is 2.65 bits per heavy atom. The first kappa shape index (κ1) is 11.1. The summed E-state index contributed by atoms with van der Waals surface area (Å²) in [5.41, 5.74) is 1.81. The molecule has 0 bridgehead atoms. The normalized spacial score (nSPS) is 10.6. The molecular weight excluding hydrogens is 216 g/mol. The van der Waals surface area contributed by atoms with Gasteiger partial charge in [0.05, 0.1) is 6.21 Å². The van der Waals surface area contributed by atoms with Gasteiger partial charge in [0.2, 0.25) is 5.88 Å². The zero-order valence-corrected chi connectivity index (χ0v) is 9.15. The fraction of sp³-hybridized carbons (Fsp3) is 0.0769. The van der Waals surface area contributed by atoms with E-state index in [0.717, 1.165) is 11.1 Å². The summed E-state index contributed by atoms with van der Waals surface area (Å²) >= 11 is 0. The lowest BCUT2D eigenvalue weighted by atomic mass is 10.2. The number of pyridine rings is 1. The van der Waals surface area contributed by atoms with E-state index in [1.54, 1.807) is 18.3 Å². The molecular formula is C13H12N2O2. The second kappa shape index (κ2) is 5.65. The van der Waals surface area contributed by atoms with E-state index in [0.29, 0.717) is 12.5 Å². The number of aromatic nitrogens is 1. The molecule has 17 heavy (non-hydrogen) atoms. The van der Waals surface area contributed by atoms with E-state index in [9.17, 15) is 0 Å². The van der Waals surface area contributed by atoms with Crippen LogP contribution in [0, 0.1) is 0 Å². The Labute approximate surface area is 99.2 Å². The van der Waals surface area contributed by atoms with Crippen molar-refractivity contribution in [1.82, 2.24) is 4.98 Å². The Kier molecular flexibility index (Phi) is 3.70. The van der Waals surface area contributed by atoms with Crippen molar-refractivity contribution in [3.63, 3.8) is 0 Å². The van der Waals surface area contributed by atoms with Crippen LogP contribution in [-0.4, -0.2) is 16.4 Å². The molecule has 1 aromatic carbocycles. The van der Waals surface area contributed by atoms with Crippen LogP contribution in [0.1, 0.15) is 11.1 Å². The maximum absolute atomic E-state index is 8.35. The van der Waals surface area contributed by atoms with Crippen molar-refractivity contribution in [3.8, 4) is 5.88 Å². The van der Waals surface area contributed by atoms with Gasteiger partial charge in [-0.05, 0) is 11.6 Å². The Bertz CT molecular complexity index is 481. The monoisotopic (exact) mass is 228 g/mol. The number of oxime groups is 1. The molecule has 0 unspecified atom stereocenters. The van der Waals surface area contributed by atoms with Crippen LogP contribution in [-0.2, 0) is 6.61 Å². The minimum absolute atomic E-state index is 0.487. The smallest absolute Gasteiger partial charge is 0.213 e. The minimum atomic E-state index is 0.487. The Hall–Kier alpha value is -2.36. The molecule has 86 valence electrons. The topological polar surface area (TPSA) is 54.7 Å². The summed E-state index contributed by atoms with van der Waals surface area (Å²) in [4.78, 5) is 4.09. The summed E-state index contributed by atoms with van der Waals surface area (Å²) in [6.07, 6.45) is 2.90. The van der Waals surface area contributed by atoms with Crippen LogP contribution >= 0.6 is 0 Å². The van der Waals surface area contributed by atoms with Crippen LogP contribution in [0.15, 0.2) is 53.8 Å². The second-order valence-electron chi connectivity index (χ2n) is 3.45. The summed E-state index contributed by atoms with van der Waals surface area (Å²) in [6, 6.07) is 13.4. The predicted molar refractivity (Wildman–Crippen MR) is 64.4 cm³/mol. The molecule has 0 aliphatic rings. The molecule has 1 heterocycles. The SMILES string of the molecule is O/N=C/c1ccc(OCc2ccccc2)nc1. The standard InChI is InChI=1S/C13H12N2O2/c16-15-9-12-6-7-13(14-8-12)17-10-11-4-2-1-3-5-11/h1-9,16H,10H2/b15-9+. The van der Waals surface area contributed by atoms with Gasteiger partial charge in [0, 0.05) is 17.8 Å². The van der Waals surface area contributed by atoms with Crippen molar-refractivity contribution in [3.05, 3.63) is 59.8 Å². The van der Waals surface area contributed by atoms with Gasteiger partial charge in [-0.3, -0.25) is 0 Å². The van der Waals surface area contributed by atoms with Crippen molar-refractivity contribution in [2.45, 2.75) is 6.61 Å². The number of ether oxygens (including phenoxy) is 1.